The van der Waals surface area contributed by atoms with Crippen LogP contribution in [0.15, 0.2) is 36.7 Å². The van der Waals surface area contributed by atoms with Gasteiger partial charge in [0, 0.05) is 28.8 Å². The second kappa shape index (κ2) is 6.96. The van der Waals surface area contributed by atoms with Crippen molar-refractivity contribution in [3.8, 4) is 0 Å². The minimum absolute atomic E-state index is 0.120. The molecule has 0 fully saturated rings. The Morgan fingerprint density at radius 2 is 2.12 bits per heavy atom. The van der Waals surface area contributed by atoms with Gasteiger partial charge in [0.25, 0.3) is 5.91 Å². The van der Waals surface area contributed by atoms with Gasteiger partial charge in [-0.25, -0.2) is 19.2 Å². The second-order valence-corrected chi connectivity index (χ2v) is 5.40. The van der Waals surface area contributed by atoms with Crippen molar-refractivity contribution in [2.24, 2.45) is 0 Å². The Balaban J connectivity index is 2.03. The van der Waals surface area contributed by atoms with Crippen LogP contribution in [0.1, 0.15) is 21.6 Å². The van der Waals surface area contributed by atoms with Gasteiger partial charge < -0.3 is 9.67 Å². The SMILES string of the molecule is CONC(=O)c1cc2c(CO)cn(Cc3ccc(F)cc3F)c2cn1. The number of amides is 1. The van der Waals surface area contributed by atoms with E-state index in [0.29, 0.717) is 22.0 Å². The van der Waals surface area contributed by atoms with E-state index >= 15 is 0 Å². The predicted octanol–water partition coefficient (Wildman–Crippen LogP) is 2.15. The number of hydrogen-bond acceptors (Lipinski definition) is 4. The van der Waals surface area contributed by atoms with Crippen molar-refractivity contribution >= 4 is 16.8 Å². The number of carbonyl (C=O) groups excluding carboxylic acids is 1. The maximum absolute atomic E-state index is 13.9. The third kappa shape index (κ3) is 3.35. The van der Waals surface area contributed by atoms with Crippen LogP contribution >= 0.6 is 0 Å². The third-order valence-electron chi connectivity index (χ3n) is 3.80. The summed E-state index contributed by atoms with van der Waals surface area (Å²) >= 11 is 0. The lowest BCUT2D eigenvalue weighted by atomic mass is 10.2. The number of aliphatic hydroxyl groups is 1. The molecule has 2 N–H and O–H groups in total. The molecule has 3 rings (SSSR count). The first-order valence-electron chi connectivity index (χ1n) is 7.39. The lowest BCUT2D eigenvalue weighted by Gasteiger charge is -2.07. The van der Waals surface area contributed by atoms with E-state index in [4.69, 9.17) is 0 Å². The van der Waals surface area contributed by atoms with E-state index in [1.807, 2.05) is 0 Å². The summed E-state index contributed by atoms with van der Waals surface area (Å²) in [5, 5.41) is 10.2. The summed E-state index contributed by atoms with van der Waals surface area (Å²) in [6, 6.07) is 4.89. The zero-order valence-electron chi connectivity index (χ0n) is 13.3. The molecular weight excluding hydrogens is 332 g/mol. The molecule has 2 aromatic heterocycles. The number of fused-ring (bicyclic) bond motifs is 1. The fourth-order valence-electron chi connectivity index (χ4n) is 2.62. The summed E-state index contributed by atoms with van der Waals surface area (Å²) in [7, 11) is 1.31. The van der Waals surface area contributed by atoms with Crippen LogP contribution in [-0.4, -0.2) is 27.7 Å². The average molecular weight is 347 g/mol. The Morgan fingerprint density at radius 1 is 1.32 bits per heavy atom. The Morgan fingerprint density at radius 3 is 2.80 bits per heavy atom. The van der Waals surface area contributed by atoms with Gasteiger partial charge in [-0.3, -0.25) is 9.63 Å². The van der Waals surface area contributed by atoms with E-state index in [0.717, 1.165) is 6.07 Å². The van der Waals surface area contributed by atoms with E-state index in [-0.39, 0.29) is 18.8 Å². The van der Waals surface area contributed by atoms with Gasteiger partial charge in [0.1, 0.15) is 17.3 Å². The largest absolute Gasteiger partial charge is 0.392 e. The van der Waals surface area contributed by atoms with E-state index in [1.54, 1.807) is 10.8 Å². The molecule has 0 saturated heterocycles. The topological polar surface area (TPSA) is 76.4 Å². The number of rotatable bonds is 5. The van der Waals surface area contributed by atoms with Gasteiger partial charge in [0.15, 0.2) is 0 Å². The highest BCUT2D eigenvalue weighted by atomic mass is 19.1. The first-order valence-corrected chi connectivity index (χ1v) is 7.39. The van der Waals surface area contributed by atoms with Crippen LogP contribution in [0.25, 0.3) is 10.9 Å². The van der Waals surface area contributed by atoms with Gasteiger partial charge in [-0.2, -0.15) is 0 Å². The van der Waals surface area contributed by atoms with Crippen molar-refractivity contribution in [1.29, 1.82) is 0 Å². The monoisotopic (exact) mass is 347 g/mol. The van der Waals surface area contributed by atoms with E-state index in [2.05, 4.69) is 15.3 Å². The van der Waals surface area contributed by atoms with E-state index in [9.17, 15) is 18.7 Å². The minimum atomic E-state index is -0.656. The maximum atomic E-state index is 13.9. The van der Waals surface area contributed by atoms with Crippen molar-refractivity contribution in [1.82, 2.24) is 15.0 Å². The Bertz CT molecular complexity index is 940. The summed E-state index contributed by atoms with van der Waals surface area (Å²) in [5.74, 6) is -1.83. The summed E-state index contributed by atoms with van der Waals surface area (Å²) in [6.45, 7) is -0.126. The molecule has 25 heavy (non-hydrogen) atoms. The Hall–Kier alpha value is -2.84. The van der Waals surface area contributed by atoms with Crippen LogP contribution in [-0.2, 0) is 18.0 Å². The number of nitrogens with one attached hydrogen (secondary N) is 1. The Labute approximate surface area is 141 Å². The lowest BCUT2D eigenvalue weighted by Crippen LogP contribution is -2.22. The zero-order valence-corrected chi connectivity index (χ0v) is 13.3. The lowest BCUT2D eigenvalue weighted by molar-refractivity contribution is 0.0532. The first-order chi connectivity index (χ1) is 12.0. The molecule has 6 nitrogen and oxygen atoms in total. The molecule has 1 aromatic carbocycles. The molecule has 0 aliphatic rings. The molecule has 0 unspecified atom stereocenters. The van der Waals surface area contributed by atoms with Crippen LogP contribution in [0, 0.1) is 11.6 Å². The Kier molecular flexibility index (Phi) is 4.73. The van der Waals surface area contributed by atoms with Crippen LogP contribution in [0.2, 0.25) is 0 Å². The second-order valence-electron chi connectivity index (χ2n) is 5.40. The fraction of sp³-hybridized carbons (Fsp3) is 0.176. The van der Waals surface area contributed by atoms with Gasteiger partial charge in [-0.1, -0.05) is 6.07 Å². The van der Waals surface area contributed by atoms with Crippen LogP contribution in [0.4, 0.5) is 8.78 Å². The van der Waals surface area contributed by atoms with Crippen LogP contribution in [0.3, 0.4) is 0 Å². The van der Waals surface area contributed by atoms with E-state index < -0.39 is 17.5 Å². The highest BCUT2D eigenvalue weighted by Gasteiger charge is 2.14. The molecule has 3 aromatic rings. The number of halogens is 2. The van der Waals surface area contributed by atoms with Gasteiger partial charge in [0.05, 0.1) is 32.0 Å². The molecular formula is C17H15F2N3O3. The smallest absolute Gasteiger partial charge is 0.293 e. The molecule has 1 amide bonds. The number of aromatic nitrogens is 2. The molecule has 0 spiro atoms. The normalized spacial score (nSPS) is 11.0. The van der Waals surface area contributed by atoms with E-state index in [1.165, 1.54) is 31.5 Å². The molecule has 0 aliphatic heterocycles. The minimum Gasteiger partial charge on any atom is -0.392 e. The summed E-state index contributed by atoms with van der Waals surface area (Å²) in [5.41, 5.74) is 3.76. The van der Waals surface area contributed by atoms with Crippen molar-refractivity contribution in [2.45, 2.75) is 13.2 Å². The van der Waals surface area contributed by atoms with Crippen molar-refractivity contribution in [3.05, 3.63) is 65.1 Å². The number of pyridine rings is 1. The van der Waals surface area contributed by atoms with Crippen molar-refractivity contribution in [3.63, 3.8) is 0 Å². The fourth-order valence-corrected chi connectivity index (χ4v) is 2.62. The number of aliphatic hydroxyl groups excluding tert-OH is 1. The van der Waals surface area contributed by atoms with Gasteiger partial charge in [-0.05, 0) is 12.1 Å². The summed E-state index contributed by atoms with van der Waals surface area (Å²) < 4.78 is 28.6. The number of nitrogens with zero attached hydrogens (tertiary/aromatic N) is 2. The molecule has 0 saturated carbocycles. The number of carbonyl (C=O) groups is 1. The first kappa shape index (κ1) is 17.0. The third-order valence-corrected chi connectivity index (χ3v) is 3.80. The van der Waals surface area contributed by atoms with Gasteiger partial charge >= 0.3 is 0 Å². The molecule has 0 radical (unpaired) electrons. The maximum Gasteiger partial charge on any atom is 0.293 e. The molecule has 0 aliphatic carbocycles. The van der Waals surface area contributed by atoms with Gasteiger partial charge in [0.2, 0.25) is 0 Å². The van der Waals surface area contributed by atoms with Crippen LogP contribution < -0.4 is 5.48 Å². The highest BCUT2D eigenvalue weighted by molar-refractivity contribution is 5.96. The predicted molar refractivity (Wildman–Crippen MR) is 85.6 cm³/mol. The zero-order chi connectivity index (χ0) is 18.0. The molecule has 0 atom stereocenters. The molecule has 2 heterocycles. The van der Waals surface area contributed by atoms with Crippen molar-refractivity contribution in [2.75, 3.05) is 7.11 Å². The number of benzene rings is 1. The van der Waals surface area contributed by atoms with Crippen LogP contribution in [0.5, 0.6) is 0 Å². The van der Waals surface area contributed by atoms with Crippen molar-refractivity contribution < 1.29 is 23.5 Å². The number of hydroxylamine groups is 1. The molecule has 8 heteroatoms. The standard InChI is InChI=1S/C17H15F2N3O3/c1-25-21-17(24)15-5-13-11(9-23)8-22(16(13)6-20-15)7-10-2-3-12(18)4-14(10)19/h2-6,8,23H,7,9H2,1H3,(H,21,24). The highest BCUT2D eigenvalue weighted by Crippen LogP contribution is 2.23. The molecule has 0 bridgehead atoms. The average Bonchev–Trinajstić information content (AvgIpc) is 2.94. The summed E-state index contributed by atoms with van der Waals surface area (Å²) in [6.07, 6.45) is 3.10. The quantitative estimate of drug-likeness (QED) is 0.694. The van der Waals surface area contributed by atoms with Gasteiger partial charge in [-0.15, -0.1) is 0 Å². The number of hydrogen-bond donors (Lipinski definition) is 2. The summed E-state index contributed by atoms with van der Waals surface area (Å²) in [4.78, 5) is 20.4. The molecule has 130 valence electrons.